The van der Waals surface area contributed by atoms with Gasteiger partial charge < -0.3 is 10.6 Å². The summed E-state index contributed by atoms with van der Waals surface area (Å²) in [5.74, 6) is -0.0660. The zero-order chi connectivity index (χ0) is 13.2. The molecule has 0 bridgehead atoms. The van der Waals surface area contributed by atoms with Gasteiger partial charge >= 0.3 is 0 Å². The van der Waals surface area contributed by atoms with E-state index in [1.54, 1.807) is 6.20 Å². The van der Waals surface area contributed by atoms with Gasteiger partial charge in [0.2, 0.25) is 0 Å². The van der Waals surface area contributed by atoms with Crippen LogP contribution in [0.2, 0.25) is 0 Å². The van der Waals surface area contributed by atoms with E-state index in [2.05, 4.69) is 25.8 Å². The zero-order valence-corrected chi connectivity index (χ0v) is 13.3. The van der Waals surface area contributed by atoms with Crippen molar-refractivity contribution in [3.8, 4) is 0 Å². The maximum absolute atomic E-state index is 12.2. The molecule has 1 saturated heterocycles. The van der Waals surface area contributed by atoms with Crippen LogP contribution in [-0.4, -0.2) is 40.2 Å². The molecule has 1 atom stereocenters. The van der Waals surface area contributed by atoms with Gasteiger partial charge in [0.05, 0.1) is 5.56 Å². The topological polar surface area (TPSA) is 82.7 Å². The van der Waals surface area contributed by atoms with Crippen molar-refractivity contribution in [3.05, 3.63) is 23.5 Å². The first-order chi connectivity index (χ1) is 9.24. The second-order valence-electron chi connectivity index (χ2n) is 4.96. The highest BCUT2D eigenvalue weighted by atomic mass is 35.5. The Bertz CT molecular complexity index is 610. The molecule has 1 aliphatic rings. The molecule has 8 heteroatoms. The average molecular weight is 332 g/mol. The van der Waals surface area contributed by atoms with Crippen molar-refractivity contribution in [1.82, 2.24) is 25.8 Å². The van der Waals surface area contributed by atoms with Crippen molar-refractivity contribution in [2.45, 2.75) is 25.8 Å². The largest absolute Gasteiger partial charge is 0.348 e. The number of halogens is 2. The van der Waals surface area contributed by atoms with Crippen molar-refractivity contribution in [3.63, 3.8) is 0 Å². The number of nitrogens with zero attached hydrogens (tertiary/aromatic N) is 2. The normalized spacial score (nSPS) is 17.7. The Morgan fingerprint density at radius 3 is 2.95 bits per heavy atom. The lowest BCUT2D eigenvalue weighted by atomic mass is 10.1. The molecule has 3 heterocycles. The third-order valence-corrected chi connectivity index (χ3v) is 3.49. The minimum absolute atomic E-state index is 0. The molecule has 0 aromatic carbocycles. The standard InChI is InChI=1S/C13H17N5O.2ClH/c1-8-11-5-9(6-15-12(11)18-17-8)13(19)16-10-3-2-4-14-7-10;;/h5-6,10,14H,2-4,7H2,1H3,(H,16,19)(H,15,17,18);2*1H. The summed E-state index contributed by atoms with van der Waals surface area (Å²) in [4.78, 5) is 16.4. The number of rotatable bonds is 2. The van der Waals surface area contributed by atoms with Crippen LogP contribution >= 0.6 is 24.8 Å². The molecule has 21 heavy (non-hydrogen) atoms. The molecule has 1 unspecified atom stereocenters. The summed E-state index contributed by atoms with van der Waals surface area (Å²) < 4.78 is 0. The fourth-order valence-electron chi connectivity index (χ4n) is 2.39. The first-order valence-electron chi connectivity index (χ1n) is 6.56. The number of aromatic nitrogens is 3. The van der Waals surface area contributed by atoms with Crippen LogP contribution in [0.4, 0.5) is 0 Å². The van der Waals surface area contributed by atoms with E-state index < -0.39 is 0 Å². The van der Waals surface area contributed by atoms with Gasteiger partial charge in [0, 0.05) is 29.9 Å². The quantitative estimate of drug-likeness (QED) is 0.780. The number of aryl methyl sites for hydroxylation is 1. The summed E-state index contributed by atoms with van der Waals surface area (Å²) >= 11 is 0. The molecule has 116 valence electrons. The van der Waals surface area contributed by atoms with Gasteiger partial charge in [0.1, 0.15) is 0 Å². The first kappa shape index (κ1) is 17.7. The number of nitrogens with one attached hydrogen (secondary N) is 3. The number of hydrogen-bond acceptors (Lipinski definition) is 4. The van der Waals surface area contributed by atoms with E-state index in [1.165, 1.54) is 0 Å². The molecule has 0 saturated carbocycles. The summed E-state index contributed by atoms with van der Waals surface area (Å²) in [6, 6.07) is 2.05. The van der Waals surface area contributed by atoms with Crippen molar-refractivity contribution < 1.29 is 4.79 Å². The molecule has 1 fully saturated rings. The number of fused-ring (bicyclic) bond motifs is 1. The molecule has 3 rings (SSSR count). The van der Waals surface area contributed by atoms with Crippen molar-refractivity contribution >= 4 is 41.8 Å². The van der Waals surface area contributed by atoms with Crippen molar-refractivity contribution in [2.24, 2.45) is 0 Å². The fraction of sp³-hybridized carbons (Fsp3) is 0.462. The van der Waals surface area contributed by atoms with E-state index in [0.717, 1.165) is 37.0 Å². The molecule has 1 amide bonds. The van der Waals surface area contributed by atoms with Crippen molar-refractivity contribution in [1.29, 1.82) is 0 Å². The minimum Gasteiger partial charge on any atom is -0.348 e. The Morgan fingerprint density at radius 2 is 2.24 bits per heavy atom. The van der Waals surface area contributed by atoms with Crippen LogP contribution in [0.1, 0.15) is 28.9 Å². The van der Waals surface area contributed by atoms with Crippen LogP contribution < -0.4 is 10.6 Å². The molecule has 2 aromatic rings. The number of carbonyl (C=O) groups is 1. The number of piperidine rings is 1. The lowest BCUT2D eigenvalue weighted by Gasteiger charge is -2.23. The molecular formula is C13H19Cl2N5O. The third kappa shape index (κ3) is 3.84. The summed E-state index contributed by atoms with van der Waals surface area (Å²) in [5, 5.41) is 14.1. The van der Waals surface area contributed by atoms with Gasteiger partial charge in [0.25, 0.3) is 5.91 Å². The van der Waals surface area contributed by atoms with Crippen LogP contribution in [0.15, 0.2) is 12.3 Å². The average Bonchev–Trinajstić information content (AvgIpc) is 2.81. The summed E-state index contributed by atoms with van der Waals surface area (Å²) in [6.07, 6.45) is 3.70. The smallest absolute Gasteiger partial charge is 0.253 e. The van der Waals surface area contributed by atoms with E-state index in [9.17, 15) is 4.79 Å². The Kier molecular flexibility index (Phi) is 6.39. The van der Waals surface area contributed by atoms with Gasteiger partial charge in [-0.25, -0.2) is 4.98 Å². The zero-order valence-electron chi connectivity index (χ0n) is 11.7. The highest BCUT2D eigenvalue weighted by Gasteiger charge is 2.17. The van der Waals surface area contributed by atoms with Gasteiger partial charge in [-0.15, -0.1) is 24.8 Å². The number of pyridine rings is 1. The van der Waals surface area contributed by atoms with Gasteiger partial charge in [0.15, 0.2) is 5.65 Å². The molecular weight excluding hydrogens is 313 g/mol. The summed E-state index contributed by atoms with van der Waals surface area (Å²) in [7, 11) is 0. The predicted molar refractivity (Wildman–Crippen MR) is 86.5 cm³/mol. The number of H-pyrrole nitrogens is 1. The lowest BCUT2D eigenvalue weighted by molar-refractivity contribution is 0.0930. The SMILES string of the molecule is Cc1[nH]nc2ncc(C(=O)NC3CCCNC3)cc12.Cl.Cl. The second kappa shape index (κ2) is 7.59. The summed E-state index contributed by atoms with van der Waals surface area (Å²) in [6.45, 7) is 3.80. The number of amides is 1. The van der Waals surface area contributed by atoms with E-state index in [-0.39, 0.29) is 36.8 Å². The van der Waals surface area contributed by atoms with Crippen LogP contribution in [0.25, 0.3) is 11.0 Å². The van der Waals surface area contributed by atoms with E-state index in [4.69, 9.17) is 0 Å². The van der Waals surface area contributed by atoms with Crippen LogP contribution in [0, 0.1) is 6.92 Å². The lowest BCUT2D eigenvalue weighted by Crippen LogP contribution is -2.45. The van der Waals surface area contributed by atoms with Crippen LogP contribution in [0.5, 0.6) is 0 Å². The molecule has 1 aliphatic heterocycles. The summed E-state index contributed by atoms with van der Waals surface area (Å²) in [5.41, 5.74) is 2.16. The van der Waals surface area contributed by atoms with E-state index in [1.807, 2.05) is 13.0 Å². The molecule has 2 aromatic heterocycles. The van der Waals surface area contributed by atoms with E-state index >= 15 is 0 Å². The Balaban J connectivity index is 0.00000110. The minimum atomic E-state index is -0.0660. The highest BCUT2D eigenvalue weighted by Crippen LogP contribution is 2.14. The van der Waals surface area contributed by atoms with Gasteiger partial charge in [-0.05, 0) is 32.4 Å². The van der Waals surface area contributed by atoms with Crippen LogP contribution in [-0.2, 0) is 0 Å². The monoisotopic (exact) mass is 331 g/mol. The third-order valence-electron chi connectivity index (χ3n) is 3.49. The molecule has 0 radical (unpaired) electrons. The Labute approximate surface area is 135 Å². The Hall–Kier alpha value is -1.37. The molecule has 6 nitrogen and oxygen atoms in total. The number of aromatic amines is 1. The van der Waals surface area contributed by atoms with Crippen LogP contribution in [0.3, 0.4) is 0 Å². The van der Waals surface area contributed by atoms with Gasteiger partial charge in [-0.1, -0.05) is 0 Å². The van der Waals surface area contributed by atoms with Gasteiger partial charge in [-0.3, -0.25) is 9.89 Å². The second-order valence-corrected chi connectivity index (χ2v) is 4.96. The van der Waals surface area contributed by atoms with Gasteiger partial charge in [-0.2, -0.15) is 5.10 Å². The van der Waals surface area contributed by atoms with Crippen molar-refractivity contribution in [2.75, 3.05) is 13.1 Å². The Morgan fingerprint density at radius 1 is 1.43 bits per heavy atom. The number of carbonyl (C=O) groups excluding carboxylic acids is 1. The molecule has 0 aliphatic carbocycles. The van der Waals surface area contributed by atoms with E-state index in [0.29, 0.717) is 11.2 Å². The fourth-order valence-corrected chi connectivity index (χ4v) is 2.39. The highest BCUT2D eigenvalue weighted by molar-refractivity contribution is 5.97. The maximum atomic E-state index is 12.2. The molecule has 0 spiro atoms. The predicted octanol–water partition coefficient (Wildman–Crippen LogP) is 1.59. The maximum Gasteiger partial charge on any atom is 0.253 e. The first-order valence-corrected chi connectivity index (χ1v) is 6.56. The number of hydrogen-bond donors (Lipinski definition) is 3. The molecule has 3 N–H and O–H groups in total.